The van der Waals surface area contributed by atoms with Gasteiger partial charge in [0.2, 0.25) is 11.8 Å². The lowest BCUT2D eigenvalue weighted by Gasteiger charge is -2.29. The summed E-state index contributed by atoms with van der Waals surface area (Å²) in [5, 5.41) is 2.24. The molecule has 39 heavy (non-hydrogen) atoms. The molecule has 210 valence electrons. The number of aryl methyl sites for hydroxylation is 1. The molecule has 2 aromatic carbocycles. The molecule has 2 aliphatic rings. The second-order valence-electron chi connectivity index (χ2n) is 9.86. The number of unbranched alkanes of at least 4 members (excludes halogenated alkanes) is 4. The molecule has 1 unspecified atom stereocenters. The fourth-order valence-electron chi connectivity index (χ4n) is 4.82. The highest BCUT2D eigenvalue weighted by Gasteiger charge is 2.41. The minimum absolute atomic E-state index is 0.00133. The zero-order valence-electron chi connectivity index (χ0n) is 21.7. The normalized spacial score (nSPS) is 17.8. The minimum atomic E-state index is -3.79. The number of fused-ring (bicyclic) bond motifs is 1. The number of nitrogens with zero attached hydrogens (tertiary/aromatic N) is 1. The predicted octanol–water partition coefficient (Wildman–Crippen LogP) is 2.89. The van der Waals surface area contributed by atoms with Gasteiger partial charge >= 0.3 is 0 Å². The number of imide groups is 1. The zero-order chi connectivity index (χ0) is 28.2. The van der Waals surface area contributed by atoms with Crippen LogP contribution in [0.5, 0.6) is 0 Å². The molecular weight excluding hydrogens is 544 g/mol. The van der Waals surface area contributed by atoms with Crippen LogP contribution in [0.3, 0.4) is 0 Å². The lowest BCUT2D eigenvalue weighted by molar-refractivity contribution is -0.136. The molecule has 2 aromatic rings. The molecule has 12 heteroatoms. The Labute approximate surface area is 228 Å². The van der Waals surface area contributed by atoms with Gasteiger partial charge in [0.05, 0.1) is 22.2 Å². The fraction of sp³-hybridized carbons (Fsp3) is 0.444. The van der Waals surface area contributed by atoms with E-state index in [-0.39, 0.29) is 53.0 Å². The number of piperidine rings is 1. The van der Waals surface area contributed by atoms with Gasteiger partial charge in [-0.2, -0.15) is 8.42 Å². The van der Waals surface area contributed by atoms with E-state index in [0.29, 0.717) is 31.2 Å². The maximum absolute atomic E-state index is 13.1. The van der Waals surface area contributed by atoms with Crippen molar-refractivity contribution in [3.63, 3.8) is 0 Å². The van der Waals surface area contributed by atoms with E-state index in [1.54, 1.807) is 18.2 Å². The molecule has 4 rings (SSSR count). The summed E-state index contributed by atoms with van der Waals surface area (Å²) < 4.78 is 55.8. The largest absolute Gasteiger partial charge is 0.322 e. The topological polar surface area (TPSA) is 144 Å². The molecule has 0 aromatic heterocycles. The molecular formula is C27H32N2O8S2. The second-order valence-corrected chi connectivity index (χ2v) is 13.6. The first-order valence-corrected chi connectivity index (χ1v) is 16.0. The molecule has 2 heterocycles. The number of amides is 3. The first kappa shape index (κ1) is 28.9. The van der Waals surface area contributed by atoms with Crippen LogP contribution in [0.25, 0.3) is 0 Å². The Hall–Kier alpha value is -3.09. The molecule has 1 fully saturated rings. The molecule has 1 saturated heterocycles. The molecule has 3 amide bonds. The Kier molecular flexibility index (Phi) is 8.87. The van der Waals surface area contributed by atoms with Crippen molar-refractivity contribution in [2.45, 2.75) is 74.2 Å². The Bertz CT molecular complexity index is 1470. The van der Waals surface area contributed by atoms with Crippen molar-refractivity contribution >= 4 is 37.7 Å². The van der Waals surface area contributed by atoms with Crippen molar-refractivity contribution < 1.29 is 35.4 Å². The van der Waals surface area contributed by atoms with Gasteiger partial charge in [0.25, 0.3) is 16.0 Å². The summed E-state index contributed by atoms with van der Waals surface area (Å²) in [6.45, 7) is 1.93. The van der Waals surface area contributed by atoms with Gasteiger partial charge in [0.1, 0.15) is 6.04 Å². The lowest BCUT2D eigenvalue weighted by atomic mass is 10.0. The van der Waals surface area contributed by atoms with E-state index in [2.05, 4.69) is 5.32 Å². The summed E-state index contributed by atoms with van der Waals surface area (Å²) in [6, 6.07) is 10.2. The summed E-state index contributed by atoms with van der Waals surface area (Å²) >= 11 is 0. The summed E-state index contributed by atoms with van der Waals surface area (Å²) in [7, 11) is -7.47. The first-order chi connectivity index (χ1) is 18.5. The van der Waals surface area contributed by atoms with Gasteiger partial charge in [-0.05, 0) is 50.5 Å². The van der Waals surface area contributed by atoms with Crippen molar-refractivity contribution in [1.29, 1.82) is 0 Å². The number of carbonyl (C=O) groups is 3. The van der Waals surface area contributed by atoms with Crippen LogP contribution in [0.1, 0.15) is 66.4 Å². The summed E-state index contributed by atoms with van der Waals surface area (Å²) in [5.74, 6) is -1.43. The predicted molar refractivity (Wildman–Crippen MR) is 142 cm³/mol. The number of benzene rings is 2. The zero-order valence-corrected chi connectivity index (χ0v) is 23.4. The van der Waals surface area contributed by atoms with Crippen molar-refractivity contribution in [3.8, 4) is 0 Å². The van der Waals surface area contributed by atoms with Crippen molar-refractivity contribution in [2.75, 3.05) is 12.4 Å². The van der Waals surface area contributed by atoms with Gasteiger partial charge < -0.3 is 4.90 Å². The van der Waals surface area contributed by atoms with Gasteiger partial charge in [-0.1, -0.05) is 43.0 Å². The van der Waals surface area contributed by atoms with E-state index in [4.69, 9.17) is 4.18 Å². The monoisotopic (exact) mass is 576 g/mol. The molecule has 0 radical (unpaired) electrons. The number of rotatable bonds is 12. The fourth-order valence-corrected chi connectivity index (χ4v) is 7.41. The van der Waals surface area contributed by atoms with Crippen LogP contribution in [0.15, 0.2) is 52.3 Å². The van der Waals surface area contributed by atoms with Crippen LogP contribution < -0.4 is 5.32 Å². The minimum Gasteiger partial charge on any atom is -0.322 e. The Morgan fingerprint density at radius 2 is 1.62 bits per heavy atom. The molecule has 0 bridgehead atoms. The maximum Gasteiger partial charge on any atom is 0.296 e. The smallest absolute Gasteiger partial charge is 0.296 e. The second kappa shape index (κ2) is 12.0. The van der Waals surface area contributed by atoms with E-state index in [1.807, 2.05) is 6.92 Å². The van der Waals surface area contributed by atoms with Crippen LogP contribution in [0, 0.1) is 6.92 Å². The molecule has 0 saturated carbocycles. The quantitative estimate of drug-likeness (QED) is 0.231. The number of carbonyl (C=O) groups excluding carboxylic acids is 3. The van der Waals surface area contributed by atoms with Gasteiger partial charge in [0.15, 0.2) is 9.84 Å². The molecule has 10 nitrogen and oxygen atoms in total. The van der Waals surface area contributed by atoms with Crippen LogP contribution in [0.2, 0.25) is 0 Å². The maximum atomic E-state index is 13.1. The summed E-state index contributed by atoms with van der Waals surface area (Å²) in [5.41, 5.74) is 1.61. The van der Waals surface area contributed by atoms with E-state index < -0.39 is 37.8 Å². The average molecular weight is 577 g/mol. The highest BCUT2D eigenvalue weighted by Crippen LogP contribution is 2.32. The third kappa shape index (κ3) is 6.74. The van der Waals surface area contributed by atoms with Crippen LogP contribution in [-0.4, -0.2) is 57.9 Å². The van der Waals surface area contributed by atoms with Gasteiger partial charge in [0, 0.05) is 24.1 Å². The van der Waals surface area contributed by atoms with Gasteiger partial charge in [-0.15, -0.1) is 0 Å². The van der Waals surface area contributed by atoms with Gasteiger partial charge in [-0.25, -0.2) is 8.42 Å². The SMILES string of the molecule is Cc1ccc(S(=O)(=O)OCCCCCCCS(=O)(=O)c2cccc3c2CN(C2CCC(=O)NC2=O)C3=O)cc1. The highest BCUT2D eigenvalue weighted by molar-refractivity contribution is 7.91. The van der Waals surface area contributed by atoms with Crippen LogP contribution in [-0.2, 0) is 40.3 Å². The number of nitrogens with one attached hydrogen (secondary N) is 1. The summed E-state index contributed by atoms with van der Waals surface area (Å²) in [4.78, 5) is 38.3. The highest BCUT2D eigenvalue weighted by atomic mass is 32.2. The van der Waals surface area contributed by atoms with Gasteiger partial charge in [-0.3, -0.25) is 23.9 Å². The standard InChI is InChI=1S/C27H32N2O8S2/c1-19-10-12-20(13-11-19)39(35,36)37-16-5-3-2-4-6-17-38(33,34)24-9-7-8-21-22(24)18-29(27(21)32)23-14-15-25(30)28-26(23)31/h7-13,23H,2-6,14-18H2,1H3,(H,28,30,31). The number of sulfone groups is 1. The molecule has 2 aliphatic heterocycles. The van der Waals surface area contributed by atoms with E-state index in [9.17, 15) is 31.2 Å². The lowest BCUT2D eigenvalue weighted by Crippen LogP contribution is -2.52. The average Bonchev–Trinajstić information content (AvgIpc) is 3.22. The third-order valence-corrected chi connectivity index (χ3v) is 10.2. The van der Waals surface area contributed by atoms with E-state index in [0.717, 1.165) is 12.0 Å². The Balaban J connectivity index is 1.24. The molecule has 0 aliphatic carbocycles. The number of hydrogen-bond acceptors (Lipinski definition) is 8. The van der Waals surface area contributed by atoms with E-state index >= 15 is 0 Å². The van der Waals surface area contributed by atoms with Crippen LogP contribution >= 0.6 is 0 Å². The number of hydrogen-bond donors (Lipinski definition) is 1. The Morgan fingerprint density at radius 1 is 0.923 bits per heavy atom. The molecule has 1 atom stereocenters. The summed E-state index contributed by atoms with van der Waals surface area (Å²) in [6.07, 6.45) is 3.32. The van der Waals surface area contributed by atoms with Crippen molar-refractivity contribution in [2.24, 2.45) is 0 Å². The third-order valence-electron chi connectivity index (χ3n) is 6.98. The molecule has 0 spiro atoms. The van der Waals surface area contributed by atoms with Crippen molar-refractivity contribution in [3.05, 3.63) is 59.2 Å². The molecule has 1 N–H and O–H groups in total. The van der Waals surface area contributed by atoms with E-state index in [1.165, 1.54) is 29.2 Å². The van der Waals surface area contributed by atoms with Crippen molar-refractivity contribution in [1.82, 2.24) is 10.2 Å². The Morgan fingerprint density at radius 3 is 2.33 bits per heavy atom. The first-order valence-electron chi connectivity index (χ1n) is 12.9. The van der Waals surface area contributed by atoms with Crippen LogP contribution in [0.4, 0.5) is 0 Å².